The molecule has 1 N–H and O–H groups in total. The fraction of sp³-hybridized carbons (Fsp3) is 0.484. The lowest BCUT2D eigenvalue weighted by atomic mass is 9.91. The number of piperidine rings is 1. The second-order valence-corrected chi connectivity index (χ2v) is 14.6. The minimum absolute atomic E-state index is 0.198. The zero-order valence-corrected chi connectivity index (χ0v) is 26.4. The topological polar surface area (TPSA) is 92.1 Å². The molecule has 2 aliphatic heterocycles. The van der Waals surface area contributed by atoms with Crippen LogP contribution in [0.3, 0.4) is 0 Å². The molecule has 9 nitrogen and oxygen atoms in total. The Morgan fingerprint density at radius 2 is 1.79 bits per heavy atom. The maximum atomic E-state index is 13.5. The molecule has 12 heteroatoms. The molecular weight excluding hydrogens is 588 g/mol. The molecule has 0 aliphatic carbocycles. The molecule has 3 aromatic heterocycles. The third-order valence-electron chi connectivity index (χ3n) is 8.49. The molecule has 0 atom stereocenters. The molecule has 6 rings (SSSR count). The number of pyridine rings is 1. The Hall–Kier alpha value is -2.90. The second-order valence-electron chi connectivity index (χ2n) is 11.3. The third kappa shape index (κ3) is 6.78. The second kappa shape index (κ2) is 13.0. The van der Waals surface area contributed by atoms with Gasteiger partial charge in [0.15, 0.2) is 5.13 Å². The van der Waals surface area contributed by atoms with Gasteiger partial charge in [0.25, 0.3) is 0 Å². The quantitative estimate of drug-likeness (QED) is 0.251. The van der Waals surface area contributed by atoms with Gasteiger partial charge in [0, 0.05) is 42.8 Å². The van der Waals surface area contributed by atoms with Crippen LogP contribution in [0.15, 0.2) is 42.6 Å². The zero-order valence-electron chi connectivity index (χ0n) is 24.8. The number of rotatable bonds is 10. The van der Waals surface area contributed by atoms with Crippen molar-refractivity contribution in [1.82, 2.24) is 23.6 Å². The molecule has 2 aliphatic rings. The van der Waals surface area contributed by atoms with Crippen LogP contribution in [0, 0.1) is 12.7 Å². The highest BCUT2D eigenvalue weighted by molar-refractivity contribution is 7.89. The lowest BCUT2D eigenvalue weighted by Gasteiger charge is -2.32. The molecule has 0 amide bonds. The van der Waals surface area contributed by atoms with Crippen molar-refractivity contribution in [1.29, 1.82) is 0 Å². The summed E-state index contributed by atoms with van der Waals surface area (Å²) in [6.45, 7) is 9.21. The van der Waals surface area contributed by atoms with Gasteiger partial charge in [-0.1, -0.05) is 13.0 Å². The Morgan fingerprint density at radius 1 is 1.05 bits per heavy atom. The molecule has 4 aromatic rings. The van der Waals surface area contributed by atoms with Crippen LogP contribution in [0.5, 0.6) is 0 Å². The fourth-order valence-corrected chi connectivity index (χ4v) is 8.40. The van der Waals surface area contributed by atoms with Crippen LogP contribution in [0.2, 0.25) is 0 Å². The van der Waals surface area contributed by atoms with Crippen LogP contribution in [-0.2, 0) is 21.2 Å². The average molecular weight is 627 g/mol. The molecule has 2 fully saturated rings. The zero-order chi connectivity index (χ0) is 30.0. The van der Waals surface area contributed by atoms with Crippen molar-refractivity contribution in [3.8, 4) is 11.3 Å². The Labute approximate surface area is 256 Å². The molecule has 0 bridgehead atoms. The van der Waals surface area contributed by atoms with Gasteiger partial charge in [-0.2, -0.15) is 0 Å². The van der Waals surface area contributed by atoms with E-state index in [2.05, 4.69) is 33.8 Å². The molecule has 0 saturated carbocycles. The van der Waals surface area contributed by atoms with Gasteiger partial charge < -0.3 is 10.1 Å². The minimum Gasteiger partial charge on any atom is -0.379 e. The van der Waals surface area contributed by atoms with E-state index in [0.29, 0.717) is 19.5 Å². The van der Waals surface area contributed by atoms with Gasteiger partial charge in [-0.15, -0.1) is 11.3 Å². The van der Waals surface area contributed by atoms with Crippen molar-refractivity contribution in [2.75, 3.05) is 57.0 Å². The lowest BCUT2D eigenvalue weighted by molar-refractivity contribution is 0.0380. The number of anilines is 2. The normalized spacial score (nSPS) is 17.6. The van der Waals surface area contributed by atoms with Gasteiger partial charge in [-0.05, 0) is 81.0 Å². The SMILES string of the molecule is CCc1nc2ccc(C3CCN(S(=O)(=O)CCCN4CCOCC4)CC3)cn2c1Nc1nc(-c2ccc(F)cc2)c(C)s1. The maximum Gasteiger partial charge on any atom is 0.214 e. The summed E-state index contributed by atoms with van der Waals surface area (Å²) in [5.41, 5.74) is 4.71. The molecule has 5 heterocycles. The number of thiazole rings is 1. The first kappa shape index (κ1) is 30.1. The molecule has 0 unspecified atom stereocenters. The number of benzene rings is 1. The van der Waals surface area contributed by atoms with Crippen molar-refractivity contribution in [3.05, 3.63) is 64.5 Å². The van der Waals surface area contributed by atoms with E-state index in [-0.39, 0.29) is 17.5 Å². The summed E-state index contributed by atoms with van der Waals surface area (Å²) in [4.78, 5) is 13.0. The number of aromatic nitrogens is 3. The van der Waals surface area contributed by atoms with E-state index < -0.39 is 10.0 Å². The number of imidazole rings is 1. The Balaban J connectivity index is 1.14. The van der Waals surface area contributed by atoms with Gasteiger partial charge >= 0.3 is 0 Å². The van der Waals surface area contributed by atoms with Crippen LogP contribution in [0.25, 0.3) is 16.9 Å². The number of hydrogen-bond acceptors (Lipinski definition) is 8. The largest absolute Gasteiger partial charge is 0.379 e. The summed E-state index contributed by atoms with van der Waals surface area (Å²) < 4.78 is 48.8. The molecule has 0 radical (unpaired) electrons. The van der Waals surface area contributed by atoms with E-state index in [9.17, 15) is 12.8 Å². The summed E-state index contributed by atoms with van der Waals surface area (Å²) in [6, 6.07) is 10.6. The molecular formula is C31H39FN6O3S2. The van der Waals surface area contributed by atoms with E-state index in [1.807, 2.05) is 13.0 Å². The lowest BCUT2D eigenvalue weighted by Crippen LogP contribution is -2.41. The first-order valence-corrected chi connectivity index (χ1v) is 17.5. The van der Waals surface area contributed by atoms with E-state index in [1.54, 1.807) is 27.8 Å². The Kier molecular flexibility index (Phi) is 9.11. The van der Waals surface area contributed by atoms with E-state index >= 15 is 0 Å². The van der Waals surface area contributed by atoms with E-state index in [0.717, 1.165) is 90.5 Å². The third-order valence-corrected chi connectivity index (χ3v) is 11.3. The summed E-state index contributed by atoms with van der Waals surface area (Å²) in [5.74, 6) is 1.09. The number of morpholine rings is 1. The van der Waals surface area contributed by atoms with Gasteiger partial charge in [-0.25, -0.2) is 27.1 Å². The number of fused-ring (bicyclic) bond motifs is 1. The van der Waals surface area contributed by atoms with Crippen LogP contribution in [0.1, 0.15) is 48.2 Å². The van der Waals surface area contributed by atoms with Crippen LogP contribution >= 0.6 is 11.3 Å². The number of ether oxygens (including phenoxy) is 1. The van der Waals surface area contributed by atoms with Gasteiger partial charge in [-0.3, -0.25) is 9.30 Å². The van der Waals surface area contributed by atoms with Crippen LogP contribution in [-0.4, -0.2) is 83.7 Å². The van der Waals surface area contributed by atoms with E-state index in [1.165, 1.54) is 17.7 Å². The fourth-order valence-electron chi connectivity index (χ4n) is 6.05. The smallest absolute Gasteiger partial charge is 0.214 e. The first-order chi connectivity index (χ1) is 20.8. The average Bonchev–Trinajstić information content (AvgIpc) is 3.57. The predicted molar refractivity (Wildman–Crippen MR) is 169 cm³/mol. The number of sulfonamides is 1. The summed E-state index contributed by atoms with van der Waals surface area (Å²) in [7, 11) is -3.26. The van der Waals surface area contributed by atoms with Crippen molar-refractivity contribution in [2.24, 2.45) is 0 Å². The van der Waals surface area contributed by atoms with Crippen molar-refractivity contribution >= 4 is 38.0 Å². The number of nitrogens with one attached hydrogen (secondary N) is 1. The number of nitrogens with zero attached hydrogens (tertiary/aromatic N) is 5. The molecule has 1 aromatic carbocycles. The van der Waals surface area contributed by atoms with Gasteiger partial charge in [0.1, 0.15) is 17.3 Å². The number of aryl methyl sites for hydroxylation is 2. The molecule has 0 spiro atoms. The Morgan fingerprint density at radius 3 is 2.51 bits per heavy atom. The predicted octanol–water partition coefficient (Wildman–Crippen LogP) is 5.44. The summed E-state index contributed by atoms with van der Waals surface area (Å²) in [5, 5.41) is 4.28. The summed E-state index contributed by atoms with van der Waals surface area (Å²) in [6.07, 6.45) is 5.13. The van der Waals surface area contributed by atoms with E-state index in [4.69, 9.17) is 14.7 Å². The van der Waals surface area contributed by atoms with Crippen LogP contribution in [0.4, 0.5) is 15.3 Å². The van der Waals surface area contributed by atoms with Crippen molar-refractivity contribution in [3.63, 3.8) is 0 Å². The minimum atomic E-state index is -3.26. The van der Waals surface area contributed by atoms with Crippen LogP contribution < -0.4 is 5.32 Å². The van der Waals surface area contributed by atoms with Crippen molar-refractivity contribution < 1.29 is 17.5 Å². The molecule has 43 heavy (non-hydrogen) atoms. The van der Waals surface area contributed by atoms with Gasteiger partial charge in [0.05, 0.1) is 30.4 Å². The maximum absolute atomic E-state index is 13.5. The highest BCUT2D eigenvalue weighted by Gasteiger charge is 2.29. The first-order valence-electron chi connectivity index (χ1n) is 15.1. The van der Waals surface area contributed by atoms with Gasteiger partial charge in [0.2, 0.25) is 10.0 Å². The standard InChI is InChI=1S/C31H39FN6O3S2/c1-3-27-30(35-31-34-29(22(2)42-31)24-5-8-26(32)9-6-24)38-21-25(7-10-28(38)33-27)23-11-14-37(15-12-23)43(39,40)20-4-13-36-16-18-41-19-17-36/h5-10,21,23H,3-4,11-20H2,1-2H3,(H,34,35). The molecule has 2 saturated heterocycles. The molecule has 230 valence electrons. The monoisotopic (exact) mass is 626 g/mol. The number of hydrogen-bond donors (Lipinski definition) is 1. The van der Waals surface area contributed by atoms with Crippen molar-refractivity contribution in [2.45, 2.75) is 45.4 Å². The highest BCUT2D eigenvalue weighted by atomic mass is 32.2. The number of halogens is 1. The summed E-state index contributed by atoms with van der Waals surface area (Å²) >= 11 is 1.56. The Bertz CT molecular complexity index is 1660. The highest BCUT2D eigenvalue weighted by Crippen LogP contribution is 2.35.